The Morgan fingerprint density at radius 2 is 1.86 bits per heavy atom. The molecule has 0 aliphatic carbocycles. The van der Waals surface area contributed by atoms with Crippen molar-refractivity contribution in [3.8, 4) is 0 Å². The maximum absolute atomic E-state index is 5.35. The molecule has 0 radical (unpaired) electrons. The second kappa shape index (κ2) is 4.44. The van der Waals surface area contributed by atoms with Gasteiger partial charge in [-0.2, -0.15) is 0 Å². The minimum Gasteiger partial charge on any atom is -0.405 e. The minimum atomic E-state index is -0.157. The molecule has 1 fully saturated rings. The third-order valence-corrected chi connectivity index (χ3v) is 2.26. The highest BCUT2D eigenvalue weighted by Crippen LogP contribution is 2.14. The summed E-state index contributed by atoms with van der Waals surface area (Å²) in [6.45, 7) is 3.47. The summed E-state index contributed by atoms with van der Waals surface area (Å²) in [6.07, 6.45) is 0. The Morgan fingerprint density at radius 3 is 2.50 bits per heavy atom. The molecule has 1 aliphatic rings. The third-order valence-electron chi connectivity index (χ3n) is 2.26. The molecule has 1 aromatic rings. The average Bonchev–Trinajstić information content (AvgIpc) is 2.72. The maximum Gasteiger partial charge on any atom is 0.486 e. The predicted octanol–water partition coefficient (Wildman–Crippen LogP) is 2.16. The van der Waals surface area contributed by atoms with Crippen LogP contribution in [0, 0.1) is 0 Å². The van der Waals surface area contributed by atoms with Crippen LogP contribution in [0.2, 0.25) is 0 Å². The normalized spacial score (nSPS) is 17.5. The summed E-state index contributed by atoms with van der Waals surface area (Å²) >= 11 is 0. The van der Waals surface area contributed by atoms with Gasteiger partial charge in [-0.15, -0.1) is 0 Å². The summed E-state index contributed by atoms with van der Waals surface area (Å²) in [5, 5.41) is 0. The molecule has 14 heavy (non-hydrogen) atoms. The molecule has 1 aliphatic heterocycles. The number of hydrogen-bond donors (Lipinski definition) is 0. The largest absolute Gasteiger partial charge is 0.486 e. The second-order valence-electron chi connectivity index (χ2n) is 3.33. The lowest BCUT2D eigenvalue weighted by atomic mass is 9.86. The van der Waals surface area contributed by atoms with E-state index in [4.69, 9.17) is 9.31 Å². The Hall–Kier alpha value is -1.06. The van der Waals surface area contributed by atoms with E-state index in [9.17, 15) is 0 Å². The fourth-order valence-corrected chi connectivity index (χ4v) is 1.47. The smallest absolute Gasteiger partial charge is 0.405 e. The topological polar surface area (TPSA) is 18.5 Å². The van der Waals surface area contributed by atoms with Crippen molar-refractivity contribution in [3.05, 3.63) is 41.9 Å². The lowest BCUT2D eigenvalue weighted by molar-refractivity contribution is 0.365. The van der Waals surface area contributed by atoms with Crippen LogP contribution < -0.4 is 0 Å². The highest BCUT2D eigenvalue weighted by molar-refractivity contribution is 6.52. The molecule has 2 rings (SSSR count). The van der Waals surface area contributed by atoms with Gasteiger partial charge in [0.25, 0.3) is 0 Å². The highest BCUT2D eigenvalue weighted by Gasteiger charge is 2.20. The van der Waals surface area contributed by atoms with Crippen LogP contribution in [0.25, 0.3) is 5.57 Å². The van der Waals surface area contributed by atoms with E-state index in [2.05, 4.69) is 19.1 Å². The molecule has 0 amide bonds. The zero-order valence-electron chi connectivity index (χ0n) is 8.27. The zero-order valence-corrected chi connectivity index (χ0v) is 8.27. The fraction of sp³-hybridized carbons (Fsp3) is 0.273. The van der Waals surface area contributed by atoms with E-state index >= 15 is 0 Å². The first kappa shape index (κ1) is 9.50. The molecule has 0 bridgehead atoms. The van der Waals surface area contributed by atoms with Crippen LogP contribution in [0.4, 0.5) is 0 Å². The van der Waals surface area contributed by atoms with Gasteiger partial charge in [-0.25, -0.2) is 0 Å². The van der Waals surface area contributed by atoms with Gasteiger partial charge in [0.1, 0.15) is 0 Å². The van der Waals surface area contributed by atoms with Crippen molar-refractivity contribution in [3.63, 3.8) is 0 Å². The molecule has 0 N–H and O–H groups in total. The van der Waals surface area contributed by atoms with Gasteiger partial charge in [-0.3, -0.25) is 0 Å². The van der Waals surface area contributed by atoms with Gasteiger partial charge >= 0.3 is 7.12 Å². The summed E-state index contributed by atoms with van der Waals surface area (Å²) in [6, 6.07) is 10.2. The Labute approximate surface area is 84.7 Å². The molecule has 0 atom stereocenters. The van der Waals surface area contributed by atoms with Gasteiger partial charge in [-0.1, -0.05) is 41.9 Å². The Morgan fingerprint density at radius 1 is 1.21 bits per heavy atom. The highest BCUT2D eigenvalue weighted by atomic mass is 16.6. The van der Waals surface area contributed by atoms with E-state index in [-0.39, 0.29) is 7.12 Å². The minimum absolute atomic E-state index is 0.157. The van der Waals surface area contributed by atoms with Gasteiger partial charge in [0.2, 0.25) is 0 Å². The SMILES string of the molecule is C/C(=C/B1OCCO1)c1ccccc1. The molecule has 1 heterocycles. The standard InChI is InChI=1S/C11H13BO2/c1-10(9-12-13-7-8-14-12)11-5-3-2-4-6-11/h2-6,9H,7-8H2,1H3/b10-9-. The molecule has 0 aromatic heterocycles. The molecular weight excluding hydrogens is 175 g/mol. The fourth-order valence-electron chi connectivity index (χ4n) is 1.47. The lowest BCUT2D eigenvalue weighted by Crippen LogP contribution is -2.10. The van der Waals surface area contributed by atoms with E-state index in [1.165, 1.54) is 11.1 Å². The van der Waals surface area contributed by atoms with E-state index in [0.717, 1.165) is 0 Å². The van der Waals surface area contributed by atoms with Gasteiger partial charge in [0.15, 0.2) is 0 Å². The summed E-state index contributed by atoms with van der Waals surface area (Å²) in [5.41, 5.74) is 2.41. The van der Waals surface area contributed by atoms with Crippen LogP contribution in [-0.4, -0.2) is 20.3 Å². The van der Waals surface area contributed by atoms with Crippen LogP contribution in [0.5, 0.6) is 0 Å². The number of rotatable bonds is 2. The Bertz CT molecular complexity index is 315. The molecule has 1 saturated heterocycles. The van der Waals surface area contributed by atoms with Crippen molar-refractivity contribution in [1.82, 2.24) is 0 Å². The predicted molar refractivity (Wildman–Crippen MR) is 57.8 cm³/mol. The lowest BCUT2D eigenvalue weighted by Gasteiger charge is -2.02. The van der Waals surface area contributed by atoms with E-state index < -0.39 is 0 Å². The second-order valence-corrected chi connectivity index (χ2v) is 3.33. The summed E-state index contributed by atoms with van der Waals surface area (Å²) < 4.78 is 10.7. The summed E-state index contributed by atoms with van der Waals surface area (Å²) in [4.78, 5) is 0. The van der Waals surface area contributed by atoms with Crippen LogP contribution in [0.3, 0.4) is 0 Å². The van der Waals surface area contributed by atoms with Crippen molar-refractivity contribution in [2.75, 3.05) is 13.2 Å². The monoisotopic (exact) mass is 188 g/mol. The third kappa shape index (κ3) is 2.25. The number of allylic oxidation sites excluding steroid dienone is 1. The maximum atomic E-state index is 5.35. The van der Waals surface area contributed by atoms with Crippen LogP contribution in [-0.2, 0) is 9.31 Å². The number of benzene rings is 1. The van der Waals surface area contributed by atoms with Crippen molar-refractivity contribution in [1.29, 1.82) is 0 Å². The van der Waals surface area contributed by atoms with Gasteiger partial charge in [0, 0.05) is 0 Å². The zero-order chi connectivity index (χ0) is 9.80. The van der Waals surface area contributed by atoms with Crippen molar-refractivity contribution in [2.45, 2.75) is 6.92 Å². The molecule has 2 nitrogen and oxygen atoms in total. The quantitative estimate of drug-likeness (QED) is 0.662. The molecule has 72 valence electrons. The summed E-state index contributed by atoms with van der Waals surface area (Å²) in [5.74, 6) is 2.02. The number of hydrogen-bond acceptors (Lipinski definition) is 2. The van der Waals surface area contributed by atoms with E-state index in [1.54, 1.807) is 0 Å². The summed E-state index contributed by atoms with van der Waals surface area (Å²) in [7, 11) is -0.157. The first-order valence-corrected chi connectivity index (χ1v) is 4.83. The Kier molecular flexibility index (Phi) is 3.01. The first-order chi connectivity index (χ1) is 6.86. The van der Waals surface area contributed by atoms with E-state index in [0.29, 0.717) is 13.2 Å². The molecule has 3 heteroatoms. The van der Waals surface area contributed by atoms with Crippen molar-refractivity contribution >= 4 is 12.7 Å². The van der Waals surface area contributed by atoms with E-state index in [1.807, 2.05) is 24.2 Å². The molecule has 0 saturated carbocycles. The molecule has 1 aromatic carbocycles. The average molecular weight is 188 g/mol. The Balaban J connectivity index is 2.10. The molecule has 0 spiro atoms. The van der Waals surface area contributed by atoms with Crippen LogP contribution in [0.1, 0.15) is 12.5 Å². The van der Waals surface area contributed by atoms with Gasteiger partial charge in [-0.05, 0) is 12.5 Å². The van der Waals surface area contributed by atoms with Gasteiger partial charge < -0.3 is 9.31 Å². The van der Waals surface area contributed by atoms with Crippen LogP contribution >= 0.6 is 0 Å². The first-order valence-electron chi connectivity index (χ1n) is 4.83. The van der Waals surface area contributed by atoms with Crippen LogP contribution in [0.15, 0.2) is 36.3 Å². The van der Waals surface area contributed by atoms with Crippen molar-refractivity contribution < 1.29 is 9.31 Å². The molecule has 0 unspecified atom stereocenters. The molecular formula is C11H13BO2. The van der Waals surface area contributed by atoms with Gasteiger partial charge in [0.05, 0.1) is 13.2 Å². The van der Waals surface area contributed by atoms with Crippen molar-refractivity contribution in [2.24, 2.45) is 0 Å².